The van der Waals surface area contributed by atoms with Crippen LogP contribution in [0.1, 0.15) is 16.8 Å². The minimum absolute atomic E-state index is 0.00511. The molecule has 0 aliphatic carbocycles. The first-order chi connectivity index (χ1) is 16.4. The number of carboxylic acid groups (broad SMARTS) is 1. The van der Waals surface area contributed by atoms with Crippen molar-refractivity contribution >= 4 is 29.1 Å². The number of rotatable bonds is 8. The predicted molar refractivity (Wildman–Crippen MR) is 124 cm³/mol. The van der Waals surface area contributed by atoms with E-state index in [4.69, 9.17) is 14.4 Å². The van der Waals surface area contributed by atoms with Gasteiger partial charge in [-0.05, 0) is 24.1 Å². The molecule has 34 heavy (non-hydrogen) atoms. The zero-order valence-electron chi connectivity index (χ0n) is 18.1. The number of aliphatic carboxylic acids is 1. The number of halogens is 1. The lowest BCUT2D eigenvalue weighted by Crippen LogP contribution is -2.16. The normalized spacial score (nSPS) is 10.8. The second-order valence-electron chi connectivity index (χ2n) is 7.38. The largest absolute Gasteiger partial charge is 0.481 e. The van der Waals surface area contributed by atoms with E-state index in [9.17, 15) is 14.0 Å². The molecule has 0 unspecified atom stereocenters. The minimum atomic E-state index is -0.893. The standard InChI is InChI=1S/C24H20FN3O5S/c1-14-21(27-24(31)32-11-10-16-4-2-3-5-18(16)25)22(33-28-14)19-13-34-23(26-19)17-8-6-15(7-9-17)12-20(29)30/h2-9,13H,10-12H2,1H3,(H,27,31)(H,29,30). The summed E-state index contributed by atoms with van der Waals surface area (Å²) in [5, 5.41) is 17.9. The van der Waals surface area contributed by atoms with Gasteiger partial charge in [-0.1, -0.05) is 47.6 Å². The van der Waals surface area contributed by atoms with Gasteiger partial charge >= 0.3 is 12.1 Å². The Labute approximate surface area is 198 Å². The molecule has 8 nitrogen and oxygen atoms in total. The summed E-state index contributed by atoms with van der Waals surface area (Å²) in [6.07, 6.45) is -0.518. The molecule has 174 valence electrons. The maximum absolute atomic E-state index is 13.7. The molecule has 4 aromatic rings. The van der Waals surface area contributed by atoms with Gasteiger partial charge in [-0.25, -0.2) is 14.2 Å². The van der Waals surface area contributed by atoms with Crippen molar-refractivity contribution in [2.75, 3.05) is 11.9 Å². The maximum atomic E-state index is 13.7. The van der Waals surface area contributed by atoms with E-state index in [1.807, 2.05) is 0 Å². The van der Waals surface area contributed by atoms with E-state index < -0.39 is 12.1 Å². The van der Waals surface area contributed by atoms with Crippen molar-refractivity contribution in [3.8, 4) is 22.0 Å². The number of anilines is 1. The number of carbonyl (C=O) groups is 2. The number of aryl methyl sites for hydroxylation is 1. The van der Waals surface area contributed by atoms with Gasteiger partial charge in [0.2, 0.25) is 5.76 Å². The Morgan fingerprint density at radius 3 is 2.68 bits per heavy atom. The third-order valence-corrected chi connectivity index (χ3v) is 5.84. The lowest BCUT2D eigenvalue weighted by molar-refractivity contribution is -0.136. The Bertz CT molecular complexity index is 1320. The SMILES string of the molecule is Cc1noc(-c2csc(-c3ccc(CC(=O)O)cc3)n2)c1NC(=O)OCCc1ccccc1F. The van der Waals surface area contributed by atoms with Crippen molar-refractivity contribution in [1.82, 2.24) is 10.1 Å². The summed E-state index contributed by atoms with van der Waals surface area (Å²) in [6.45, 7) is 1.68. The molecule has 0 spiro atoms. The lowest BCUT2D eigenvalue weighted by atomic mass is 10.1. The van der Waals surface area contributed by atoms with Crippen LogP contribution < -0.4 is 5.32 Å². The van der Waals surface area contributed by atoms with Gasteiger partial charge in [0.1, 0.15) is 27.9 Å². The van der Waals surface area contributed by atoms with Gasteiger partial charge in [-0.15, -0.1) is 11.3 Å². The molecule has 0 saturated carbocycles. The third-order valence-electron chi connectivity index (χ3n) is 4.95. The summed E-state index contributed by atoms with van der Waals surface area (Å²) in [5.74, 6) is -0.955. The Morgan fingerprint density at radius 1 is 1.18 bits per heavy atom. The number of carboxylic acids is 1. The second-order valence-corrected chi connectivity index (χ2v) is 8.24. The number of nitrogens with zero attached hydrogens (tertiary/aromatic N) is 2. The van der Waals surface area contributed by atoms with Crippen LogP contribution in [0.25, 0.3) is 22.0 Å². The van der Waals surface area contributed by atoms with Crippen LogP contribution in [-0.4, -0.2) is 33.9 Å². The fraction of sp³-hybridized carbons (Fsp3) is 0.167. The summed E-state index contributed by atoms with van der Waals surface area (Å²) < 4.78 is 24.3. The Balaban J connectivity index is 1.42. The number of hydrogen-bond acceptors (Lipinski definition) is 7. The molecule has 2 N–H and O–H groups in total. The highest BCUT2D eigenvalue weighted by molar-refractivity contribution is 7.13. The second kappa shape index (κ2) is 10.3. The third kappa shape index (κ3) is 5.46. The van der Waals surface area contributed by atoms with Gasteiger partial charge < -0.3 is 14.4 Å². The number of hydrogen-bond donors (Lipinski definition) is 2. The van der Waals surface area contributed by atoms with Crippen LogP contribution in [0.4, 0.5) is 14.9 Å². The van der Waals surface area contributed by atoms with Gasteiger partial charge in [-0.2, -0.15) is 0 Å². The lowest BCUT2D eigenvalue weighted by Gasteiger charge is -2.07. The Morgan fingerprint density at radius 2 is 1.94 bits per heavy atom. The van der Waals surface area contributed by atoms with Crippen LogP contribution >= 0.6 is 11.3 Å². The number of nitrogens with one attached hydrogen (secondary N) is 1. The first-order valence-electron chi connectivity index (χ1n) is 10.3. The van der Waals surface area contributed by atoms with E-state index in [1.54, 1.807) is 54.8 Å². The zero-order valence-corrected chi connectivity index (χ0v) is 18.9. The molecule has 0 saturated heterocycles. The molecule has 2 aromatic heterocycles. The van der Waals surface area contributed by atoms with Gasteiger partial charge in [0.25, 0.3) is 0 Å². The van der Waals surface area contributed by atoms with Crippen LogP contribution in [0.15, 0.2) is 58.4 Å². The van der Waals surface area contributed by atoms with Crippen LogP contribution in [0.5, 0.6) is 0 Å². The number of ether oxygens (including phenoxy) is 1. The molecular formula is C24H20FN3O5S. The highest BCUT2D eigenvalue weighted by atomic mass is 32.1. The predicted octanol–water partition coefficient (Wildman–Crippen LogP) is 5.33. The van der Waals surface area contributed by atoms with Gasteiger partial charge in [-0.3, -0.25) is 10.1 Å². The van der Waals surface area contributed by atoms with E-state index in [-0.39, 0.29) is 31.0 Å². The number of amides is 1. The average molecular weight is 482 g/mol. The smallest absolute Gasteiger partial charge is 0.411 e. The van der Waals surface area contributed by atoms with E-state index in [1.165, 1.54) is 17.4 Å². The van der Waals surface area contributed by atoms with Crippen molar-refractivity contribution in [3.63, 3.8) is 0 Å². The van der Waals surface area contributed by atoms with Crippen molar-refractivity contribution in [2.24, 2.45) is 0 Å². The fourth-order valence-electron chi connectivity index (χ4n) is 3.24. The molecular weight excluding hydrogens is 461 g/mol. The summed E-state index contributed by atoms with van der Waals surface area (Å²) in [7, 11) is 0. The average Bonchev–Trinajstić information content (AvgIpc) is 3.43. The molecule has 2 aromatic carbocycles. The van der Waals surface area contributed by atoms with Crippen LogP contribution in [-0.2, 0) is 22.4 Å². The topological polar surface area (TPSA) is 115 Å². The summed E-state index contributed by atoms with van der Waals surface area (Å²) in [6, 6.07) is 13.4. The number of carbonyl (C=O) groups excluding carboxylic acids is 1. The molecule has 0 radical (unpaired) electrons. The summed E-state index contributed by atoms with van der Waals surface area (Å²) in [4.78, 5) is 27.7. The first-order valence-corrected chi connectivity index (χ1v) is 11.2. The monoisotopic (exact) mass is 481 g/mol. The number of aromatic nitrogens is 2. The van der Waals surface area contributed by atoms with E-state index in [0.29, 0.717) is 33.2 Å². The van der Waals surface area contributed by atoms with Crippen molar-refractivity contribution in [3.05, 3.63) is 76.5 Å². The highest BCUT2D eigenvalue weighted by Gasteiger charge is 2.21. The molecule has 0 bridgehead atoms. The number of thiazole rings is 1. The molecule has 0 atom stereocenters. The summed E-state index contributed by atoms with van der Waals surface area (Å²) in [5.41, 5.74) is 3.25. The molecule has 1 amide bonds. The molecule has 2 heterocycles. The minimum Gasteiger partial charge on any atom is -0.481 e. The van der Waals surface area contributed by atoms with Crippen LogP contribution in [0.3, 0.4) is 0 Å². The van der Waals surface area contributed by atoms with Gasteiger partial charge in [0, 0.05) is 17.4 Å². The Kier molecular flexibility index (Phi) is 6.98. The Hall–Kier alpha value is -4.05. The number of benzene rings is 2. The first kappa shape index (κ1) is 23.1. The fourth-order valence-corrected chi connectivity index (χ4v) is 4.04. The maximum Gasteiger partial charge on any atom is 0.411 e. The molecule has 0 aliphatic heterocycles. The van der Waals surface area contributed by atoms with E-state index in [0.717, 1.165) is 5.56 Å². The van der Waals surface area contributed by atoms with Crippen molar-refractivity contribution < 1.29 is 28.3 Å². The van der Waals surface area contributed by atoms with Crippen molar-refractivity contribution in [1.29, 1.82) is 0 Å². The highest BCUT2D eigenvalue weighted by Crippen LogP contribution is 2.34. The molecule has 10 heteroatoms. The van der Waals surface area contributed by atoms with Crippen LogP contribution in [0.2, 0.25) is 0 Å². The molecule has 4 rings (SSSR count). The summed E-state index contributed by atoms with van der Waals surface area (Å²) >= 11 is 1.37. The van der Waals surface area contributed by atoms with E-state index >= 15 is 0 Å². The zero-order chi connectivity index (χ0) is 24.1. The quantitative estimate of drug-likeness (QED) is 0.349. The van der Waals surface area contributed by atoms with Crippen LogP contribution in [0, 0.1) is 12.7 Å². The van der Waals surface area contributed by atoms with Crippen molar-refractivity contribution in [2.45, 2.75) is 19.8 Å². The molecule has 0 fully saturated rings. The van der Waals surface area contributed by atoms with E-state index in [2.05, 4.69) is 15.5 Å². The van der Waals surface area contributed by atoms with Gasteiger partial charge in [0.05, 0.1) is 13.0 Å². The molecule has 0 aliphatic rings. The van der Waals surface area contributed by atoms with Gasteiger partial charge in [0.15, 0.2) is 0 Å².